The second kappa shape index (κ2) is 6.98. The summed E-state index contributed by atoms with van der Waals surface area (Å²) in [7, 11) is 1.86. The van der Waals surface area contributed by atoms with Crippen molar-refractivity contribution in [1.29, 1.82) is 0 Å². The lowest BCUT2D eigenvalue weighted by Gasteiger charge is -2.14. The smallest absolute Gasteiger partial charge is 0.248 e. The van der Waals surface area contributed by atoms with Crippen LogP contribution in [0.3, 0.4) is 0 Å². The number of ether oxygens (including phenoxy) is 1. The van der Waals surface area contributed by atoms with E-state index in [1.54, 1.807) is 29.2 Å². The number of aromatic amines is 1. The third-order valence-electron chi connectivity index (χ3n) is 5.44. The first-order valence-corrected chi connectivity index (χ1v) is 9.70. The van der Waals surface area contributed by atoms with E-state index in [1.807, 2.05) is 20.0 Å². The number of aryl methyl sites for hydroxylation is 2. The summed E-state index contributed by atoms with van der Waals surface area (Å²) >= 11 is 0. The van der Waals surface area contributed by atoms with Gasteiger partial charge in [-0.1, -0.05) is 0 Å². The Balaban J connectivity index is 1.57. The van der Waals surface area contributed by atoms with Crippen molar-refractivity contribution in [3.05, 3.63) is 69.7 Å². The van der Waals surface area contributed by atoms with E-state index in [9.17, 15) is 9.18 Å². The number of nitrogens with zero attached hydrogens (tertiary/aromatic N) is 3. The van der Waals surface area contributed by atoms with Gasteiger partial charge in [-0.05, 0) is 25.1 Å². The SMILES string of the molecule is Cc1cc(-c2cnc(NCc3c(F)ccc4c3CCO4)c3c[nH]c(=O)cc23)n(C)n1. The Kier molecular flexibility index (Phi) is 4.27. The van der Waals surface area contributed by atoms with Crippen LogP contribution in [-0.2, 0) is 20.0 Å². The van der Waals surface area contributed by atoms with Gasteiger partial charge in [0.1, 0.15) is 17.4 Å². The van der Waals surface area contributed by atoms with Gasteiger partial charge >= 0.3 is 0 Å². The number of rotatable bonds is 4. The molecule has 0 radical (unpaired) electrons. The fourth-order valence-corrected chi connectivity index (χ4v) is 4.04. The fourth-order valence-electron chi connectivity index (χ4n) is 4.04. The normalized spacial score (nSPS) is 12.8. The molecule has 8 heteroatoms. The van der Waals surface area contributed by atoms with Crippen LogP contribution in [0.2, 0.25) is 0 Å². The number of fused-ring (bicyclic) bond motifs is 2. The largest absolute Gasteiger partial charge is 0.493 e. The van der Waals surface area contributed by atoms with E-state index in [0.29, 0.717) is 24.4 Å². The lowest BCUT2D eigenvalue weighted by atomic mass is 10.0. The van der Waals surface area contributed by atoms with Gasteiger partial charge in [0, 0.05) is 65.9 Å². The van der Waals surface area contributed by atoms with E-state index in [4.69, 9.17) is 4.74 Å². The summed E-state index contributed by atoms with van der Waals surface area (Å²) in [4.78, 5) is 19.3. The summed E-state index contributed by atoms with van der Waals surface area (Å²) < 4.78 is 21.8. The van der Waals surface area contributed by atoms with Gasteiger partial charge in [0.05, 0.1) is 18.0 Å². The number of nitrogens with one attached hydrogen (secondary N) is 2. The summed E-state index contributed by atoms with van der Waals surface area (Å²) in [5.74, 6) is 1.03. The van der Waals surface area contributed by atoms with Crippen LogP contribution in [0.5, 0.6) is 5.75 Å². The molecule has 1 aliphatic rings. The molecule has 5 rings (SSSR count). The summed E-state index contributed by atoms with van der Waals surface area (Å²) in [5.41, 5.74) is 3.82. The zero-order valence-corrected chi connectivity index (χ0v) is 16.6. The summed E-state index contributed by atoms with van der Waals surface area (Å²) in [6, 6.07) is 6.60. The van der Waals surface area contributed by atoms with Crippen LogP contribution in [-0.4, -0.2) is 26.4 Å². The standard InChI is InChI=1S/C22H20FN5O2/c1-12-7-19(28(2)27-12)16-10-26-22(17-11-24-21(29)8-14(16)17)25-9-15-13-5-6-30-20(13)4-3-18(15)23/h3-4,7-8,10-11H,5-6,9H2,1-2H3,(H,24,29)(H,25,26). The molecule has 0 saturated carbocycles. The lowest BCUT2D eigenvalue weighted by Crippen LogP contribution is -2.09. The maximum atomic E-state index is 14.5. The Hall–Kier alpha value is -3.68. The highest BCUT2D eigenvalue weighted by Gasteiger charge is 2.20. The van der Waals surface area contributed by atoms with Crippen LogP contribution in [0.1, 0.15) is 16.8 Å². The molecule has 1 aliphatic heterocycles. The van der Waals surface area contributed by atoms with Crippen LogP contribution >= 0.6 is 0 Å². The first-order chi connectivity index (χ1) is 14.5. The van der Waals surface area contributed by atoms with Gasteiger partial charge in [-0.3, -0.25) is 9.48 Å². The number of hydrogen-bond acceptors (Lipinski definition) is 5. The third-order valence-corrected chi connectivity index (χ3v) is 5.44. The minimum absolute atomic E-state index is 0.205. The molecule has 1 aromatic carbocycles. The van der Waals surface area contributed by atoms with Crippen molar-refractivity contribution >= 4 is 16.6 Å². The first kappa shape index (κ1) is 18.4. The van der Waals surface area contributed by atoms with Gasteiger partial charge < -0.3 is 15.0 Å². The minimum Gasteiger partial charge on any atom is -0.493 e. The number of benzene rings is 1. The van der Waals surface area contributed by atoms with Crippen molar-refractivity contribution in [2.75, 3.05) is 11.9 Å². The molecule has 0 saturated heterocycles. The molecule has 0 aliphatic carbocycles. The average Bonchev–Trinajstić information content (AvgIpc) is 3.32. The number of halogens is 1. The molecule has 152 valence electrons. The fraction of sp³-hybridized carbons (Fsp3) is 0.227. The summed E-state index contributed by atoms with van der Waals surface area (Å²) in [6.07, 6.45) is 4.04. The average molecular weight is 405 g/mol. The monoisotopic (exact) mass is 405 g/mol. The number of anilines is 1. The highest BCUT2D eigenvalue weighted by atomic mass is 19.1. The lowest BCUT2D eigenvalue weighted by molar-refractivity contribution is 0.356. The maximum Gasteiger partial charge on any atom is 0.248 e. The molecule has 0 bridgehead atoms. The summed E-state index contributed by atoms with van der Waals surface area (Å²) in [5, 5.41) is 9.13. The van der Waals surface area contributed by atoms with Crippen molar-refractivity contribution in [2.24, 2.45) is 7.05 Å². The van der Waals surface area contributed by atoms with E-state index in [2.05, 4.69) is 20.4 Å². The topological polar surface area (TPSA) is 84.8 Å². The molecular formula is C22H20FN5O2. The van der Waals surface area contributed by atoms with E-state index in [-0.39, 0.29) is 17.9 Å². The predicted octanol–water partition coefficient (Wildman–Crippen LogP) is 3.32. The van der Waals surface area contributed by atoms with E-state index in [0.717, 1.165) is 39.0 Å². The van der Waals surface area contributed by atoms with Crippen LogP contribution in [0.15, 0.2) is 41.5 Å². The number of aromatic nitrogens is 4. The second-order valence-electron chi connectivity index (χ2n) is 7.39. The molecule has 7 nitrogen and oxygen atoms in total. The van der Waals surface area contributed by atoms with Gasteiger partial charge in [0.15, 0.2) is 0 Å². The van der Waals surface area contributed by atoms with Gasteiger partial charge in [0.25, 0.3) is 0 Å². The van der Waals surface area contributed by atoms with Crippen molar-refractivity contribution in [3.63, 3.8) is 0 Å². The van der Waals surface area contributed by atoms with Crippen LogP contribution in [0.25, 0.3) is 22.0 Å². The van der Waals surface area contributed by atoms with Crippen LogP contribution in [0, 0.1) is 12.7 Å². The first-order valence-electron chi connectivity index (χ1n) is 9.70. The zero-order chi connectivity index (χ0) is 20.8. The molecule has 4 heterocycles. The van der Waals surface area contributed by atoms with Crippen molar-refractivity contribution in [2.45, 2.75) is 19.9 Å². The highest BCUT2D eigenvalue weighted by molar-refractivity contribution is 6.00. The molecule has 0 unspecified atom stereocenters. The Morgan fingerprint density at radius 1 is 1.30 bits per heavy atom. The van der Waals surface area contributed by atoms with Crippen molar-refractivity contribution < 1.29 is 9.13 Å². The molecule has 30 heavy (non-hydrogen) atoms. The maximum absolute atomic E-state index is 14.5. The van der Waals surface area contributed by atoms with Gasteiger partial charge in [0.2, 0.25) is 5.56 Å². The Morgan fingerprint density at radius 3 is 2.97 bits per heavy atom. The van der Waals surface area contributed by atoms with Crippen molar-refractivity contribution in [1.82, 2.24) is 19.7 Å². The number of hydrogen-bond donors (Lipinski definition) is 2. The molecule has 0 spiro atoms. The number of pyridine rings is 2. The van der Waals surface area contributed by atoms with Gasteiger partial charge in [-0.25, -0.2) is 9.37 Å². The second-order valence-corrected chi connectivity index (χ2v) is 7.39. The molecule has 0 fully saturated rings. The highest BCUT2D eigenvalue weighted by Crippen LogP contribution is 2.33. The van der Waals surface area contributed by atoms with Crippen molar-refractivity contribution in [3.8, 4) is 17.0 Å². The van der Waals surface area contributed by atoms with E-state index >= 15 is 0 Å². The molecule has 4 aromatic rings. The molecular weight excluding hydrogens is 385 g/mol. The zero-order valence-electron chi connectivity index (χ0n) is 16.6. The number of H-pyrrole nitrogens is 1. The van der Waals surface area contributed by atoms with Gasteiger partial charge in [-0.2, -0.15) is 5.10 Å². The Bertz CT molecular complexity index is 1340. The Morgan fingerprint density at radius 2 is 2.17 bits per heavy atom. The molecule has 3 aromatic heterocycles. The quantitative estimate of drug-likeness (QED) is 0.544. The summed E-state index contributed by atoms with van der Waals surface area (Å²) in [6.45, 7) is 2.75. The van der Waals surface area contributed by atoms with Gasteiger partial charge in [-0.15, -0.1) is 0 Å². The minimum atomic E-state index is -0.272. The Labute approximate surface area is 171 Å². The van der Waals surface area contributed by atoms with E-state index in [1.165, 1.54) is 6.07 Å². The third kappa shape index (κ3) is 3.01. The van der Waals surface area contributed by atoms with Crippen LogP contribution < -0.4 is 15.6 Å². The van der Waals surface area contributed by atoms with Crippen LogP contribution in [0.4, 0.5) is 10.2 Å². The van der Waals surface area contributed by atoms with E-state index < -0.39 is 0 Å². The molecule has 2 N–H and O–H groups in total. The molecule has 0 atom stereocenters. The predicted molar refractivity (Wildman–Crippen MR) is 112 cm³/mol. The molecule has 0 amide bonds.